The van der Waals surface area contributed by atoms with Crippen LogP contribution >= 0.6 is 23.2 Å². The maximum atomic E-state index is 13.9. The van der Waals surface area contributed by atoms with Crippen LogP contribution in [0.2, 0.25) is 10.0 Å². The smallest absolute Gasteiger partial charge is 0.271 e. The number of hydrogen-bond acceptors (Lipinski definition) is 6. The third-order valence-electron chi connectivity index (χ3n) is 5.88. The lowest BCUT2D eigenvalue weighted by atomic mass is 10.0. The second kappa shape index (κ2) is 12.9. The summed E-state index contributed by atoms with van der Waals surface area (Å²) in [6, 6.07) is 17.6. The minimum atomic E-state index is -4.07. The lowest BCUT2D eigenvalue weighted by Gasteiger charge is -2.33. The molecule has 3 aromatic rings. The highest BCUT2D eigenvalue weighted by Gasteiger charge is 2.33. The molecular weight excluding hydrogens is 567 g/mol. The Morgan fingerprint density at radius 2 is 1.72 bits per heavy atom. The summed E-state index contributed by atoms with van der Waals surface area (Å²) in [4.78, 5) is 38.8. The molecule has 39 heavy (non-hydrogen) atoms. The molecule has 0 aliphatic rings. The summed E-state index contributed by atoms with van der Waals surface area (Å²) in [7, 11) is -2.63. The number of rotatable bonds is 11. The van der Waals surface area contributed by atoms with Crippen molar-refractivity contribution in [2.75, 3.05) is 24.2 Å². The predicted molar refractivity (Wildman–Crippen MR) is 150 cm³/mol. The summed E-state index contributed by atoms with van der Waals surface area (Å²) >= 11 is 12.4. The monoisotopic (exact) mass is 592 g/mol. The van der Waals surface area contributed by atoms with Gasteiger partial charge in [0.1, 0.15) is 12.6 Å². The third-order valence-corrected chi connectivity index (χ3v) is 7.61. The molecule has 0 aliphatic carbocycles. The van der Waals surface area contributed by atoms with E-state index in [-0.39, 0.29) is 29.4 Å². The number of nitro groups is 1. The summed E-state index contributed by atoms with van der Waals surface area (Å²) in [6.45, 7) is -0.847. The molecule has 3 aromatic carbocycles. The van der Waals surface area contributed by atoms with Gasteiger partial charge in [0.15, 0.2) is 0 Å². The highest BCUT2D eigenvalue weighted by molar-refractivity contribution is 7.92. The first-order chi connectivity index (χ1) is 18.4. The number of amides is 2. The number of hydrogen-bond donors (Lipinski definition) is 1. The molecule has 10 nitrogen and oxygen atoms in total. The minimum Gasteiger partial charge on any atom is -0.357 e. The fourth-order valence-electron chi connectivity index (χ4n) is 3.93. The zero-order chi connectivity index (χ0) is 28.7. The van der Waals surface area contributed by atoms with Gasteiger partial charge in [-0.15, -0.1) is 0 Å². The van der Waals surface area contributed by atoms with Gasteiger partial charge in [-0.05, 0) is 29.3 Å². The zero-order valence-electron chi connectivity index (χ0n) is 21.1. The molecule has 0 aliphatic heterocycles. The fourth-order valence-corrected chi connectivity index (χ4v) is 5.24. The number of benzene rings is 3. The number of likely N-dealkylation sites (N-methyl/N-ethyl adjacent to an activating group) is 1. The molecule has 1 N–H and O–H groups in total. The van der Waals surface area contributed by atoms with Gasteiger partial charge >= 0.3 is 0 Å². The van der Waals surface area contributed by atoms with E-state index in [1.807, 2.05) is 6.07 Å². The van der Waals surface area contributed by atoms with E-state index in [0.717, 1.165) is 22.2 Å². The summed E-state index contributed by atoms with van der Waals surface area (Å²) in [6.07, 6.45) is 1.02. The van der Waals surface area contributed by atoms with Crippen LogP contribution in [0.4, 0.5) is 11.4 Å². The van der Waals surface area contributed by atoms with Crippen LogP contribution in [0, 0.1) is 10.1 Å². The number of non-ortho nitro benzene ring substituents is 1. The maximum absolute atomic E-state index is 13.9. The van der Waals surface area contributed by atoms with Crippen molar-refractivity contribution in [2.24, 2.45) is 0 Å². The molecule has 0 radical (unpaired) electrons. The second-order valence-electron chi connectivity index (χ2n) is 8.62. The van der Waals surface area contributed by atoms with E-state index in [1.54, 1.807) is 36.4 Å². The van der Waals surface area contributed by atoms with Crippen molar-refractivity contribution in [1.29, 1.82) is 0 Å². The van der Waals surface area contributed by atoms with Crippen molar-refractivity contribution in [3.8, 4) is 0 Å². The van der Waals surface area contributed by atoms with Crippen LogP contribution in [0.3, 0.4) is 0 Å². The summed E-state index contributed by atoms with van der Waals surface area (Å²) in [5, 5.41) is 14.5. The van der Waals surface area contributed by atoms with Crippen LogP contribution < -0.4 is 9.62 Å². The molecule has 0 spiro atoms. The number of nitro benzene ring substituents is 1. The average molecular weight is 593 g/mol. The molecule has 13 heteroatoms. The highest BCUT2D eigenvalue weighted by atomic mass is 35.5. The molecule has 1 unspecified atom stereocenters. The molecule has 3 rings (SSSR count). The standard InChI is InChI=1S/C26H26Cl2N4O6S/c1-29-26(34)24(13-18-7-4-3-5-8-18)30(16-19-11-12-20(27)14-23(19)28)25(33)17-31(39(2,37)38)21-9-6-10-22(15-21)32(35)36/h3-12,14-15,24H,13,16-17H2,1-2H3,(H,29,34). The van der Waals surface area contributed by atoms with Crippen molar-refractivity contribution in [1.82, 2.24) is 10.2 Å². The Bertz CT molecular complexity index is 1470. The van der Waals surface area contributed by atoms with Gasteiger partial charge in [-0.1, -0.05) is 65.7 Å². The van der Waals surface area contributed by atoms with Gasteiger partial charge < -0.3 is 10.2 Å². The van der Waals surface area contributed by atoms with Crippen LogP contribution in [-0.2, 0) is 32.6 Å². The quantitative estimate of drug-likeness (QED) is 0.264. The Morgan fingerprint density at radius 3 is 2.31 bits per heavy atom. The summed E-state index contributed by atoms with van der Waals surface area (Å²) in [5.41, 5.74) is 0.845. The van der Waals surface area contributed by atoms with Crippen molar-refractivity contribution in [3.05, 3.63) is 104 Å². The number of anilines is 1. The summed E-state index contributed by atoms with van der Waals surface area (Å²) < 4.78 is 26.3. The third kappa shape index (κ3) is 7.92. The van der Waals surface area contributed by atoms with E-state index in [0.29, 0.717) is 10.6 Å². The first-order valence-corrected chi connectivity index (χ1v) is 14.2. The molecule has 0 heterocycles. The van der Waals surface area contributed by atoms with Crippen LogP contribution in [0.25, 0.3) is 0 Å². The molecule has 2 amide bonds. The first kappa shape index (κ1) is 29.9. The Balaban J connectivity index is 2.07. The van der Waals surface area contributed by atoms with Gasteiger partial charge in [-0.25, -0.2) is 8.42 Å². The number of halogens is 2. The van der Waals surface area contributed by atoms with Gasteiger partial charge in [0.05, 0.1) is 16.9 Å². The minimum absolute atomic E-state index is 0.0657. The van der Waals surface area contributed by atoms with Crippen molar-refractivity contribution >= 4 is 56.4 Å². The Labute approximate surface area is 236 Å². The van der Waals surface area contributed by atoms with E-state index in [2.05, 4.69) is 5.32 Å². The number of nitrogens with one attached hydrogen (secondary N) is 1. The fraction of sp³-hybridized carbons (Fsp3) is 0.231. The van der Waals surface area contributed by atoms with Crippen LogP contribution in [0.15, 0.2) is 72.8 Å². The maximum Gasteiger partial charge on any atom is 0.271 e. The van der Waals surface area contributed by atoms with E-state index in [1.165, 1.54) is 36.2 Å². The molecular formula is C26H26Cl2N4O6S. The molecule has 0 bridgehead atoms. The van der Waals surface area contributed by atoms with Gasteiger partial charge in [-0.2, -0.15) is 0 Å². The Hall–Kier alpha value is -3.67. The normalized spacial score (nSPS) is 11.9. The predicted octanol–water partition coefficient (Wildman–Crippen LogP) is 4.05. The van der Waals surface area contributed by atoms with Crippen LogP contribution in [0.1, 0.15) is 11.1 Å². The average Bonchev–Trinajstić information content (AvgIpc) is 2.89. The zero-order valence-corrected chi connectivity index (χ0v) is 23.4. The van der Waals surface area contributed by atoms with Crippen LogP contribution in [0.5, 0.6) is 0 Å². The lowest BCUT2D eigenvalue weighted by molar-refractivity contribution is -0.384. The Morgan fingerprint density at radius 1 is 1.03 bits per heavy atom. The van der Waals surface area contributed by atoms with Gasteiger partial charge in [-0.3, -0.25) is 24.0 Å². The Kier molecular flexibility index (Phi) is 9.90. The van der Waals surface area contributed by atoms with E-state index in [4.69, 9.17) is 23.2 Å². The van der Waals surface area contributed by atoms with Gasteiger partial charge in [0, 0.05) is 42.2 Å². The SMILES string of the molecule is CNC(=O)C(Cc1ccccc1)N(Cc1ccc(Cl)cc1Cl)C(=O)CN(c1cccc([N+](=O)[O-])c1)S(C)(=O)=O. The van der Waals surface area contributed by atoms with E-state index >= 15 is 0 Å². The molecule has 206 valence electrons. The summed E-state index contributed by atoms with van der Waals surface area (Å²) in [5.74, 6) is -1.19. The molecule has 0 saturated heterocycles. The second-order valence-corrected chi connectivity index (χ2v) is 11.4. The molecule has 1 atom stereocenters. The number of carbonyl (C=O) groups is 2. The number of carbonyl (C=O) groups excluding carboxylic acids is 2. The molecule has 0 saturated carbocycles. The largest absolute Gasteiger partial charge is 0.357 e. The number of nitrogens with zero attached hydrogens (tertiary/aromatic N) is 3. The van der Waals surface area contributed by atoms with E-state index < -0.39 is 39.3 Å². The van der Waals surface area contributed by atoms with Crippen molar-refractivity contribution < 1.29 is 22.9 Å². The topological polar surface area (TPSA) is 130 Å². The van der Waals surface area contributed by atoms with Crippen LogP contribution in [-0.4, -0.2) is 55.9 Å². The highest BCUT2D eigenvalue weighted by Crippen LogP contribution is 2.26. The van der Waals surface area contributed by atoms with E-state index in [9.17, 15) is 28.1 Å². The first-order valence-electron chi connectivity index (χ1n) is 11.6. The van der Waals surface area contributed by atoms with Gasteiger partial charge in [0.2, 0.25) is 21.8 Å². The molecule has 0 fully saturated rings. The van der Waals surface area contributed by atoms with Crippen molar-refractivity contribution in [3.63, 3.8) is 0 Å². The van der Waals surface area contributed by atoms with Gasteiger partial charge in [0.25, 0.3) is 5.69 Å². The lowest BCUT2D eigenvalue weighted by Crippen LogP contribution is -2.52. The molecule has 0 aromatic heterocycles. The van der Waals surface area contributed by atoms with Crippen molar-refractivity contribution in [2.45, 2.75) is 19.0 Å². The number of sulfonamides is 1.